The number of thiophene rings is 1. The maximum atomic E-state index is 14.3. The van der Waals surface area contributed by atoms with Crippen LogP contribution in [0.5, 0.6) is 0 Å². The average Bonchev–Trinajstić information content (AvgIpc) is 3.18. The molecule has 1 N–H and O–H groups in total. The molecule has 1 amide bonds. The molecule has 3 rings (SSSR count). The first kappa shape index (κ1) is 19.5. The average molecular weight is 469 g/mol. The fourth-order valence-corrected chi connectivity index (χ4v) is 5.13. The minimum absolute atomic E-state index is 0.0298. The van der Waals surface area contributed by atoms with E-state index < -0.39 is 28.3 Å². The highest BCUT2D eigenvalue weighted by Gasteiger charge is 2.29. The van der Waals surface area contributed by atoms with E-state index in [4.69, 9.17) is 0 Å². The van der Waals surface area contributed by atoms with Crippen molar-refractivity contribution in [3.05, 3.63) is 76.3 Å². The van der Waals surface area contributed by atoms with Gasteiger partial charge in [0.25, 0.3) is 10.0 Å². The molecule has 0 bridgehead atoms. The van der Waals surface area contributed by atoms with Gasteiger partial charge in [-0.05, 0) is 47.8 Å². The third-order valence-electron chi connectivity index (χ3n) is 3.58. The van der Waals surface area contributed by atoms with Gasteiger partial charge < -0.3 is 5.32 Å². The van der Waals surface area contributed by atoms with Crippen molar-refractivity contribution < 1.29 is 17.6 Å². The van der Waals surface area contributed by atoms with Crippen LogP contribution >= 0.6 is 27.3 Å². The highest BCUT2D eigenvalue weighted by molar-refractivity contribution is 9.10. The maximum Gasteiger partial charge on any atom is 0.274 e. The molecule has 0 unspecified atom stereocenters. The van der Waals surface area contributed by atoms with Crippen molar-refractivity contribution in [1.29, 1.82) is 0 Å². The maximum absolute atomic E-state index is 14.3. The van der Waals surface area contributed by atoms with E-state index in [0.29, 0.717) is 5.69 Å². The topological polar surface area (TPSA) is 66.5 Å². The van der Waals surface area contributed by atoms with Gasteiger partial charge in [-0.2, -0.15) is 0 Å². The third-order valence-corrected chi connectivity index (χ3v) is 7.24. The minimum Gasteiger partial charge on any atom is -0.325 e. The number of hydrogen-bond donors (Lipinski definition) is 1. The molecule has 2 aromatic carbocycles. The highest BCUT2D eigenvalue weighted by Crippen LogP contribution is 2.28. The Morgan fingerprint density at radius 1 is 1.07 bits per heavy atom. The zero-order chi connectivity index (χ0) is 19.4. The summed E-state index contributed by atoms with van der Waals surface area (Å²) in [6.07, 6.45) is 0. The lowest BCUT2D eigenvalue weighted by molar-refractivity contribution is -0.114. The first-order chi connectivity index (χ1) is 12.9. The number of carbonyl (C=O) groups excluding carboxylic acids is 1. The Bertz CT molecular complexity index is 1040. The Balaban J connectivity index is 1.92. The number of rotatable bonds is 6. The molecular formula is C18H14BrFN2O3S2. The van der Waals surface area contributed by atoms with Gasteiger partial charge in [0.1, 0.15) is 16.6 Å². The molecule has 1 heterocycles. The summed E-state index contributed by atoms with van der Waals surface area (Å²) < 4.78 is 41.9. The predicted octanol–water partition coefficient (Wildman–Crippen LogP) is 4.48. The van der Waals surface area contributed by atoms with E-state index in [1.807, 2.05) is 0 Å². The smallest absolute Gasteiger partial charge is 0.274 e. The van der Waals surface area contributed by atoms with E-state index in [2.05, 4.69) is 21.2 Å². The van der Waals surface area contributed by atoms with E-state index in [-0.39, 0.29) is 9.90 Å². The number of para-hydroxylation sites is 1. The Labute approximate surface area is 168 Å². The van der Waals surface area contributed by atoms with Crippen LogP contribution in [-0.2, 0) is 14.8 Å². The number of carbonyl (C=O) groups is 1. The van der Waals surface area contributed by atoms with Crippen molar-refractivity contribution in [1.82, 2.24) is 0 Å². The minimum atomic E-state index is -4.08. The Hall–Kier alpha value is -2.23. The van der Waals surface area contributed by atoms with Crippen LogP contribution in [0.15, 0.2) is 74.7 Å². The van der Waals surface area contributed by atoms with Crippen molar-refractivity contribution in [2.45, 2.75) is 4.21 Å². The van der Waals surface area contributed by atoms with Crippen LogP contribution in [0.25, 0.3) is 0 Å². The van der Waals surface area contributed by atoms with Crippen LogP contribution < -0.4 is 9.62 Å². The van der Waals surface area contributed by atoms with Crippen molar-refractivity contribution in [2.75, 3.05) is 16.2 Å². The van der Waals surface area contributed by atoms with Gasteiger partial charge in [0.2, 0.25) is 5.91 Å². The quantitative estimate of drug-likeness (QED) is 0.579. The molecule has 0 aliphatic rings. The third kappa shape index (κ3) is 4.55. The number of amides is 1. The van der Waals surface area contributed by atoms with Gasteiger partial charge in [-0.3, -0.25) is 9.10 Å². The lowest BCUT2D eigenvalue weighted by Gasteiger charge is -2.23. The second-order valence-corrected chi connectivity index (χ2v) is 9.40. The largest absolute Gasteiger partial charge is 0.325 e. The monoisotopic (exact) mass is 468 g/mol. The molecule has 0 saturated carbocycles. The molecular weight excluding hydrogens is 455 g/mol. The SMILES string of the molecule is O=C(CN(c1ccccc1F)S(=O)(=O)c1cccs1)Nc1ccc(Br)cc1. The Morgan fingerprint density at radius 3 is 2.41 bits per heavy atom. The van der Waals surface area contributed by atoms with E-state index in [9.17, 15) is 17.6 Å². The summed E-state index contributed by atoms with van der Waals surface area (Å²) in [5, 5.41) is 4.23. The second-order valence-electron chi connectivity index (χ2n) is 5.45. The van der Waals surface area contributed by atoms with Crippen molar-refractivity contribution in [2.24, 2.45) is 0 Å². The molecule has 27 heavy (non-hydrogen) atoms. The Kier molecular flexibility index (Phi) is 5.93. The summed E-state index contributed by atoms with van der Waals surface area (Å²) >= 11 is 4.30. The van der Waals surface area contributed by atoms with Crippen molar-refractivity contribution in [3.63, 3.8) is 0 Å². The number of anilines is 2. The van der Waals surface area contributed by atoms with Gasteiger partial charge in [-0.1, -0.05) is 34.1 Å². The summed E-state index contributed by atoms with van der Waals surface area (Å²) in [4.78, 5) is 12.5. The predicted molar refractivity (Wildman–Crippen MR) is 108 cm³/mol. The van der Waals surface area contributed by atoms with E-state index >= 15 is 0 Å². The molecule has 0 aliphatic carbocycles. The van der Waals surface area contributed by atoms with Crippen LogP contribution in [-0.4, -0.2) is 20.9 Å². The van der Waals surface area contributed by atoms with Gasteiger partial charge in [0, 0.05) is 10.2 Å². The number of benzene rings is 2. The first-order valence-corrected chi connectivity index (χ1v) is 10.9. The molecule has 0 saturated heterocycles. The van der Waals surface area contributed by atoms with Crippen LogP contribution in [0, 0.1) is 5.82 Å². The van der Waals surface area contributed by atoms with E-state index in [0.717, 1.165) is 26.2 Å². The zero-order valence-electron chi connectivity index (χ0n) is 13.8. The number of hydrogen-bond acceptors (Lipinski definition) is 4. The summed E-state index contributed by atoms with van der Waals surface area (Å²) in [5.41, 5.74) is 0.321. The van der Waals surface area contributed by atoms with Crippen molar-refractivity contribution >= 4 is 54.6 Å². The number of halogens is 2. The molecule has 0 atom stereocenters. The van der Waals surface area contributed by atoms with Crippen LogP contribution in [0.4, 0.5) is 15.8 Å². The molecule has 9 heteroatoms. The highest BCUT2D eigenvalue weighted by atomic mass is 79.9. The Morgan fingerprint density at radius 2 is 1.78 bits per heavy atom. The number of sulfonamides is 1. The first-order valence-electron chi connectivity index (χ1n) is 7.74. The molecule has 0 spiro atoms. The van der Waals surface area contributed by atoms with Gasteiger partial charge >= 0.3 is 0 Å². The summed E-state index contributed by atoms with van der Waals surface area (Å²) in [5.74, 6) is -1.31. The van der Waals surface area contributed by atoms with Gasteiger partial charge in [0.15, 0.2) is 0 Å². The van der Waals surface area contributed by atoms with Gasteiger partial charge in [-0.25, -0.2) is 12.8 Å². The van der Waals surface area contributed by atoms with Gasteiger partial charge in [0.05, 0.1) is 5.69 Å². The lowest BCUT2D eigenvalue weighted by Crippen LogP contribution is -2.38. The molecule has 0 aliphatic heterocycles. The zero-order valence-corrected chi connectivity index (χ0v) is 17.0. The van der Waals surface area contributed by atoms with Crippen LogP contribution in [0.2, 0.25) is 0 Å². The molecule has 5 nitrogen and oxygen atoms in total. The number of nitrogens with zero attached hydrogens (tertiary/aromatic N) is 1. The fourth-order valence-electron chi connectivity index (χ4n) is 2.34. The summed E-state index contributed by atoms with van der Waals surface area (Å²) in [6, 6.07) is 15.3. The molecule has 140 valence electrons. The fraction of sp³-hybridized carbons (Fsp3) is 0.0556. The number of nitrogens with one attached hydrogen (secondary N) is 1. The van der Waals surface area contributed by atoms with Crippen molar-refractivity contribution in [3.8, 4) is 0 Å². The lowest BCUT2D eigenvalue weighted by atomic mass is 10.3. The van der Waals surface area contributed by atoms with E-state index in [1.165, 1.54) is 24.3 Å². The van der Waals surface area contributed by atoms with Crippen LogP contribution in [0.1, 0.15) is 0 Å². The van der Waals surface area contributed by atoms with Crippen LogP contribution in [0.3, 0.4) is 0 Å². The molecule has 3 aromatic rings. The normalized spacial score (nSPS) is 11.2. The van der Waals surface area contributed by atoms with Gasteiger partial charge in [-0.15, -0.1) is 11.3 Å². The summed E-state index contributed by atoms with van der Waals surface area (Å²) in [6.45, 7) is -0.558. The molecule has 0 radical (unpaired) electrons. The molecule has 0 fully saturated rings. The molecule has 1 aromatic heterocycles. The second kappa shape index (κ2) is 8.20. The van der Waals surface area contributed by atoms with E-state index in [1.54, 1.807) is 35.7 Å². The summed E-state index contributed by atoms with van der Waals surface area (Å²) in [7, 11) is -4.08. The standard InChI is InChI=1S/C18H14BrFN2O3S2/c19-13-7-9-14(10-8-13)21-17(23)12-22(16-5-2-1-4-15(16)20)27(24,25)18-6-3-11-26-18/h1-11H,12H2,(H,21,23).